The van der Waals surface area contributed by atoms with Crippen LogP contribution in [0.15, 0.2) is 29.4 Å². The lowest BCUT2D eigenvalue weighted by Gasteiger charge is -2.11. The van der Waals surface area contributed by atoms with Crippen LogP contribution in [0.5, 0.6) is 11.6 Å². The Balaban J connectivity index is 2.44. The molecular weight excluding hydrogens is 356 g/mol. The molecule has 126 valence electrons. The fraction of sp³-hybridized carbons (Fsp3) is 0.214. The molecule has 2 rings (SSSR count). The smallest absolute Gasteiger partial charge is 0.368 e. The highest BCUT2D eigenvalue weighted by atomic mass is 35.5. The summed E-state index contributed by atoms with van der Waals surface area (Å²) in [6.45, 7) is 0. The Bertz CT molecular complexity index is 800. The molecule has 0 radical (unpaired) electrons. The predicted molar refractivity (Wildman–Crippen MR) is 90.0 cm³/mol. The first-order chi connectivity index (χ1) is 11.3. The molecule has 0 aliphatic heterocycles. The number of thioether (sulfide) groups is 1. The molecule has 0 saturated carbocycles. The standard InChI is InChI=1S/C14H13ClN4O4S/c1-18(2)13(20)8-5-4-6-9(7-8)23-12-10(19(21)22)11(15)16-14(17-12)24-3/h4-7H,1-3H3. The Labute approximate surface area is 147 Å². The number of ether oxygens (including phenoxy) is 1. The normalized spacial score (nSPS) is 10.3. The van der Waals surface area contributed by atoms with Gasteiger partial charge in [0.05, 0.1) is 4.92 Å². The Hall–Kier alpha value is -2.39. The number of rotatable bonds is 5. The molecule has 10 heteroatoms. The van der Waals surface area contributed by atoms with Gasteiger partial charge in [-0.15, -0.1) is 0 Å². The highest BCUT2D eigenvalue weighted by Crippen LogP contribution is 2.36. The molecule has 0 atom stereocenters. The highest BCUT2D eigenvalue weighted by molar-refractivity contribution is 7.98. The summed E-state index contributed by atoms with van der Waals surface area (Å²) >= 11 is 7.02. The molecular formula is C14H13ClN4O4S. The molecule has 2 aromatic rings. The lowest BCUT2D eigenvalue weighted by Crippen LogP contribution is -2.21. The molecule has 1 heterocycles. The molecule has 24 heavy (non-hydrogen) atoms. The lowest BCUT2D eigenvalue weighted by molar-refractivity contribution is -0.386. The van der Waals surface area contributed by atoms with Crippen LogP contribution in [0.1, 0.15) is 10.4 Å². The van der Waals surface area contributed by atoms with Gasteiger partial charge in [0, 0.05) is 19.7 Å². The van der Waals surface area contributed by atoms with Crippen LogP contribution in [0.25, 0.3) is 0 Å². The van der Waals surface area contributed by atoms with Gasteiger partial charge in [-0.25, -0.2) is 4.98 Å². The van der Waals surface area contributed by atoms with E-state index in [1.807, 2.05) is 0 Å². The van der Waals surface area contributed by atoms with E-state index in [0.717, 1.165) is 0 Å². The molecule has 1 aromatic heterocycles. The minimum atomic E-state index is -0.712. The molecule has 1 aromatic carbocycles. The number of hydrogen-bond acceptors (Lipinski definition) is 7. The summed E-state index contributed by atoms with van der Waals surface area (Å²) in [5.74, 6) is -0.271. The number of carbonyl (C=O) groups excluding carboxylic acids is 1. The van der Waals surface area contributed by atoms with Crippen molar-refractivity contribution >= 4 is 35.0 Å². The maximum absolute atomic E-state index is 12.0. The number of halogens is 1. The van der Waals surface area contributed by atoms with Gasteiger partial charge >= 0.3 is 11.6 Å². The molecule has 0 aliphatic carbocycles. The zero-order valence-corrected chi connectivity index (χ0v) is 14.6. The fourth-order valence-electron chi connectivity index (χ4n) is 1.77. The van der Waals surface area contributed by atoms with Gasteiger partial charge in [-0.1, -0.05) is 29.4 Å². The summed E-state index contributed by atoms with van der Waals surface area (Å²) in [5, 5.41) is 11.1. The van der Waals surface area contributed by atoms with Gasteiger partial charge in [-0.05, 0) is 24.5 Å². The average Bonchev–Trinajstić information content (AvgIpc) is 2.53. The van der Waals surface area contributed by atoms with Crippen molar-refractivity contribution in [2.45, 2.75) is 5.16 Å². The maximum Gasteiger partial charge on any atom is 0.368 e. The second-order valence-corrected chi connectivity index (χ2v) is 5.87. The van der Waals surface area contributed by atoms with Gasteiger partial charge in [0.15, 0.2) is 5.16 Å². The van der Waals surface area contributed by atoms with Crippen LogP contribution in [0.2, 0.25) is 5.15 Å². The van der Waals surface area contributed by atoms with Gasteiger partial charge in [0.2, 0.25) is 5.15 Å². The largest absolute Gasteiger partial charge is 0.434 e. The summed E-state index contributed by atoms with van der Waals surface area (Å²) in [7, 11) is 3.24. The van der Waals surface area contributed by atoms with Crippen LogP contribution >= 0.6 is 23.4 Å². The third kappa shape index (κ3) is 3.92. The molecule has 0 unspecified atom stereocenters. The van der Waals surface area contributed by atoms with Crippen molar-refractivity contribution in [1.82, 2.24) is 14.9 Å². The average molecular weight is 369 g/mol. The summed E-state index contributed by atoms with van der Waals surface area (Å²) < 4.78 is 5.50. The number of amides is 1. The van der Waals surface area contributed by atoms with Gasteiger partial charge < -0.3 is 9.64 Å². The Morgan fingerprint density at radius 3 is 2.67 bits per heavy atom. The molecule has 1 amide bonds. The van der Waals surface area contributed by atoms with Crippen molar-refractivity contribution in [1.29, 1.82) is 0 Å². The Morgan fingerprint density at radius 2 is 2.08 bits per heavy atom. The van der Waals surface area contributed by atoms with Crippen LogP contribution in [-0.4, -0.2) is 46.0 Å². The molecule has 0 N–H and O–H groups in total. The van der Waals surface area contributed by atoms with E-state index in [4.69, 9.17) is 16.3 Å². The van der Waals surface area contributed by atoms with Crippen molar-refractivity contribution in [2.24, 2.45) is 0 Å². The number of carbonyl (C=O) groups is 1. The summed E-state index contributed by atoms with van der Waals surface area (Å²) in [6, 6.07) is 6.26. The Morgan fingerprint density at radius 1 is 1.38 bits per heavy atom. The van der Waals surface area contributed by atoms with Crippen molar-refractivity contribution in [3.63, 3.8) is 0 Å². The van der Waals surface area contributed by atoms with Crippen molar-refractivity contribution in [2.75, 3.05) is 20.4 Å². The first-order valence-electron chi connectivity index (χ1n) is 6.59. The van der Waals surface area contributed by atoms with Gasteiger partial charge in [0.1, 0.15) is 5.75 Å². The van der Waals surface area contributed by atoms with Crippen LogP contribution in [-0.2, 0) is 0 Å². The lowest BCUT2D eigenvalue weighted by atomic mass is 10.2. The summed E-state index contributed by atoms with van der Waals surface area (Å²) in [5.41, 5.74) is -0.149. The maximum atomic E-state index is 12.0. The Kier molecular flexibility index (Phi) is 5.58. The fourth-order valence-corrected chi connectivity index (χ4v) is 2.41. The van der Waals surface area contributed by atoms with Crippen LogP contribution < -0.4 is 4.74 Å². The topological polar surface area (TPSA) is 98.5 Å². The SMILES string of the molecule is CSc1nc(Cl)c([N+](=O)[O-])c(Oc2cccc(C(=O)N(C)C)c2)n1. The van der Waals surface area contributed by atoms with Crippen molar-refractivity contribution in [3.8, 4) is 11.6 Å². The van der Waals surface area contributed by atoms with Crippen molar-refractivity contribution in [3.05, 3.63) is 45.1 Å². The van der Waals surface area contributed by atoms with E-state index in [1.165, 1.54) is 22.7 Å². The van der Waals surface area contributed by atoms with E-state index in [1.54, 1.807) is 38.6 Å². The minimum Gasteiger partial charge on any atom is -0.434 e. The summed E-state index contributed by atoms with van der Waals surface area (Å²) in [6.07, 6.45) is 1.71. The molecule has 0 spiro atoms. The quantitative estimate of drug-likeness (QED) is 0.262. The molecule has 0 bridgehead atoms. The number of hydrogen-bond donors (Lipinski definition) is 0. The second kappa shape index (κ2) is 7.45. The molecule has 0 saturated heterocycles. The number of benzene rings is 1. The molecule has 0 aliphatic rings. The van der Waals surface area contributed by atoms with Crippen LogP contribution in [0.4, 0.5) is 5.69 Å². The van der Waals surface area contributed by atoms with Crippen LogP contribution in [0.3, 0.4) is 0 Å². The zero-order valence-electron chi connectivity index (χ0n) is 13.0. The van der Waals surface area contributed by atoms with Gasteiger partial charge in [0.25, 0.3) is 5.91 Å². The first kappa shape index (κ1) is 18.0. The van der Waals surface area contributed by atoms with E-state index in [0.29, 0.717) is 5.56 Å². The van der Waals surface area contributed by atoms with E-state index >= 15 is 0 Å². The third-order valence-electron chi connectivity index (χ3n) is 2.86. The van der Waals surface area contributed by atoms with E-state index in [9.17, 15) is 14.9 Å². The highest BCUT2D eigenvalue weighted by Gasteiger charge is 2.26. The number of aromatic nitrogens is 2. The van der Waals surface area contributed by atoms with E-state index in [2.05, 4.69) is 9.97 Å². The number of nitrogens with zero attached hydrogens (tertiary/aromatic N) is 4. The second-order valence-electron chi connectivity index (χ2n) is 4.74. The van der Waals surface area contributed by atoms with Gasteiger partial charge in [-0.3, -0.25) is 14.9 Å². The third-order valence-corrected chi connectivity index (χ3v) is 3.67. The zero-order chi connectivity index (χ0) is 17.9. The summed E-state index contributed by atoms with van der Waals surface area (Å²) in [4.78, 5) is 31.7. The monoisotopic (exact) mass is 368 g/mol. The molecule has 0 fully saturated rings. The predicted octanol–water partition coefficient (Wildman–Crippen LogP) is 3.25. The van der Waals surface area contributed by atoms with Gasteiger partial charge in [-0.2, -0.15) is 4.98 Å². The molecule has 8 nitrogen and oxygen atoms in total. The van der Waals surface area contributed by atoms with E-state index in [-0.39, 0.29) is 27.8 Å². The van der Waals surface area contributed by atoms with Crippen LogP contribution in [0, 0.1) is 10.1 Å². The first-order valence-corrected chi connectivity index (χ1v) is 8.19. The minimum absolute atomic E-state index is 0.222. The van der Waals surface area contributed by atoms with Crippen molar-refractivity contribution < 1.29 is 14.5 Å². The van der Waals surface area contributed by atoms with E-state index < -0.39 is 10.6 Å². The number of nitro groups is 1.